The third-order valence-electron chi connectivity index (χ3n) is 5.92. The highest BCUT2D eigenvalue weighted by Gasteiger charge is 2.30. The van der Waals surface area contributed by atoms with E-state index in [9.17, 15) is 13.2 Å². The predicted molar refractivity (Wildman–Crippen MR) is 120 cm³/mol. The normalized spacial score (nSPS) is 21.1. The van der Waals surface area contributed by atoms with Gasteiger partial charge in [-0.2, -0.15) is 13.2 Å². The maximum Gasteiger partial charge on any atom is 0.446 e. The van der Waals surface area contributed by atoms with E-state index in [2.05, 4.69) is 50.7 Å². The molecule has 0 bridgehead atoms. The van der Waals surface area contributed by atoms with Crippen molar-refractivity contribution in [2.24, 2.45) is 0 Å². The number of hydrogen-bond acceptors (Lipinski definition) is 6. The van der Waals surface area contributed by atoms with Crippen LogP contribution >= 0.6 is 11.8 Å². The third-order valence-corrected chi connectivity index (χ3v) is 6.66. The fourth-order valence-corrected chi connectivity index (χ4v) is 4.64. The second-order valence-corrected chi connectivity index (χ2v) is 9.45. The van der Waals surface area contributed by atoms with Gasteiger partial charge in [0.25, 0.3) is 0 Å². The maximum absolute atomic E-state index is 12.6. The van der Waals surface area contributed by atoms with Crippen molar-refractivity contribution in [3.8, 4) is 0 Å². The minimum atomic E-state index is -4.26. The molecular formula is C22H28F3N5S. The van der Waals surface area contributed by atoms with Crippen molar-refractivity contribution in [1.82, 2.24) is 14.8 Å². The molecule has 9 heteroatoms. The molecule has 1 atom stereocenters. The molecule has 0 N–H and O–H groups in total. The minimum Gasteiger partial charge on any atom is -0.357 e. The first-order valence-corrected chi connectivity index (χ1v) is 11.3. The van der Waals surface area contributed by atoms with Crippen LogP contribution in [0.4, 0.5) is 24.7 Å². The Balaban J connectivity index is 1.38. The van der Waals surface area contributed by atoms with Gasteiger partial charge in [-0.15, -0.1) is 0 Å². The molecule has 168 valence electrons. The van der Waals surface area contributed by atoms with E-state index in [1.807, 2.05) is 6.20 Å². The lowest BCUT2D eigenvalue weighted by atomic mass is 10.2. The summed E-state index contributed by atoms with van der Waals surface area (Å²) < 4.78 is 37.7. The molecule has 1 aromatic carbocycles. The fourth-order valence-electron chi connectivity index (χ4n) is 4.10. The van der Waals surface area contributed by atoms with E-state index in [-0.39, 0.29) is 16.7 Å². The van der Waals surface area contributed by atoms with Gasteiger partial charge in [-0.1, -0.05) is 0 Å². The number of benzene rings is 1. The number of aromatic nitrogens is 1. The highest BCUT2D eigenvalue weighted by atomic mass is 32.2. The van der Waals surface area contributed by atoms with Crippen molar-refractivity contribution in [3.05, 3.63) is 48.2 Å². The zero-order valence-electron chi connectivity index (χ0n) is 17.8. The summed E-state index contributed by atoms with van der Waals surface area (Å²) >= 11 is -0.0735. The van der Waals surface area contributed by atoms with Gasteiger partial charge in [0.2, 0.25) is 0 Å². The summed E-state index contributed by atoms with van der Waals surface area (Å²) in [5.41, 5.74) is -2.07. The lowest BCUT2D eigenvalue weighted by Gasteiger charge is -2.33. The molecule has 2 fully saturated rings. The van der Waals surface area contributed by atoms with Crippen LogP contribution < -0.4 is 9.80 Å². The number of thioether (sulfide) groups is 1. The summed E-state index contributed by atoms with van der Waals surface area (Å²) in [5.74, 6) is 1.03. The SMILES string of the molecule is CC1CN(c2ccc(SC(F)(F)F)cc2)CN1Cc1ccnc(N2CCN(C)CC2)c1. The van der Waals surface area contributed by atoms with Gasteiger partial charge in [-0.05, 0) is 67.7 Å². The van der Waals surface area contributed by atoms with Crippen LogP contribution in [0.15, 0.2) is 47.5 Å². The average Bonchev–Trinajstić information content (AvgIpc) is 3.08. The van der Waals surface area contributed by atoms with Crippen LogP contribution in [0, 0.1) is 0 Å². The van der Waals surface area contributed by atoms with Gasteiger partial charge in [0.05, 0.1) is 6.67 Å². The Labute approximate surface area is 185 Å². The van der Waals surface area contributed by atoms with Crippen LogP contribution in [0.2, 0.25) is 0 Å². The zero-order valence-corrected chi connectivity index (χ0v) is 18.7. The number of nitrogens with zero attached hydrogens (tertiary/aromatic N) is 5. The maximum atomic E-state index is 12.6. The van der Waals surface area contributed by atoms with E-state index in [4.69, 9.17) is 0 Å². The molecule has 5 nitrogen and oxygen atoms in total. The average molecular weight is 452 g/mol. The molecule has 1 aromatic heterocycles. The molecule has 31 heavy (non-hydrogen) atoms. The Kier molecular flexibility index (Phi) is 6.64. The number of pyridine rings is 1. The Morgan fingerprint density at radius 3 is 2.42 bits per heavy atom. The molecule has 2 aliphatic rings. The standard InChI is InChI=1S/C22H28F3N5S/c1-17-14-30(19-3-5-20(6-4-19)31-22(23,24)25)16-29(17)15-18-7-8-26-21(13-18)28-11-9-27(2)10-12-28/h3-8,13,17H,9-12,14-16H2,1-2H3. The van der Waals surface area contributed by atoms with Crippen LogP contribution in [-0.4, -0.2) is 72.8 Å². The molecule has 2 saturated heterocycles. The van der Waals surface area contributed by atoms with Crippen LogP contribution in [0.25, 0.3) is 0 Å². The summed E-state index contributed by atoms with van der Waals surface area (Å²) in [4.78, 5) is 14.1. The first-order valence-electron chi connectivity index (χ1n) is 10.5. The van der Waals surface area contributed by atoms with Crippen LogP contribution in [0.5, 0.6) is 0 Å². The summed E-state index contributed by atoms with van der Waals surface area (Å²) in [5, 5.41) is 0. The summed E-state index contributed by atoms with van der Waals surface area (Å²) in [6.45, 7) is 8.68. The molecule has 0 aliphatic carbocycles. The molecule has 0 radical (unpaired) electrons. The first kappa shape index (κ1) is 22.2. The number of piperazine rings is 1. The van der Waals surface area contributed by atoms with E-state index >= 15 is 0 Å². The van der Waals surface area contributed by atoms with Crippen molar-refractivity contribution in [2.75, 3.05) is 56.2 Å². The number of anilines is 2. The third kappa shape index (κ3) is 5.84. The van der Waals surface area contributed by atoms with Crippen LogP contribution in [0.1, 0.15) is 12.5 Å². The Morgan fingerprint density at radius 1 is 1.03 bits per heavy atom. The molecule has 0 saturated carbocycles. The lowest BCUT2D eigenvalue weighted by molar-refractivity contribution is -0.0328. The van der Waals surface area contributed by atoms with Gasteiger partial charge in [0.15, 0.2) is 0 Å². The van der Waals surface area contributed by atoms with Gasteiger partial charge in [-0.25, -0.2) is 4.98 Å². The predicted octanol–water partition coefficient (Wildman–Crippen LogP) is 4.11. The molecule has 4 rings (SSSR count). The summed E-state index contributed by atoms with van der Waals surface area (Å²) in [7, 11) is 2.14. The van der Waals surface area contributed by atoms with Crippen molar-refractivity contribution >= 4 is 23.3 Å². The minimum absolute atomic E-state index is 0.0735. The van der Waals surface area contributed by atoms with Crippen molar-refractivity contribution < 1.29 is 13.2 Å². The quantitative estimate of drug-likeness (QED) is 0.635. The molecular weight excluding hydrogens is 423 g/mol. The first-order chi connectivity index (χ1) is 14.8. The number of rotatable bonds is 5. The molecule has 2 aromatic rings. The molecule has 0 spiro atoms. The molecule has 0 amide bonds. The van der Waals surface area contributed by atoms with Crippen molar-refractivity contribution in [3.63, 3.8) is 0 Å². The van der Waals surface area contributed by atoms with E-state index in [1.54, 1.807) is 24.3 Å². The van der Waals surface area contributed by atoms with Gasteiger partial charge in [0, 0.05) is 62.1 Å². The Morgan fingerprint density at radius 2 is 1.74 bits per heavy atom. The zero-order chi connectivity index (χ0) is 22.0. The van der Waals surface area contributed by atoms with E-state index in [0.29, 0.717) is 6.04 Å². The lowest BCUT2D eigenvalue weighted by Crippen LogP contribution is -2.44. The summed E-state index contributed by atoms with van der Waals surface area (Å²) in [6, 6.07) is 11.3. The number of halogens is 3. The Hall–Kier alpha value is -1.97. The highest BCUT2D eigenvalue weighted by molar-refractivity contribution is 8.00. The van der Waals surface area contributed by atoms with Gasteiger partial charge < -0.3 is 14.7 Å². The monoisotopic (exact) mass is 451 g/mol. The van der Waals surface area contributed by atoms with Gasteiger partial charge in [-0.3, -0.25) is 4.90 Å². The van der Waals surface area contributed by atoms with Crippen molar-refractivity contribution in [2.45, 2.75) is 29.9 Å². The van der Waals surface area contributed by atoms with Crippen LogP contribution in [0.3, 0.4) is 0 Å². The highest BCUT2D eigenvalue weighted by Crippen LogP contribution is 2.37. The van der Waals surface area contributed by atoms with E-state index in [0.717, 1.165) is 57.4 Å². The molecule has 2 aliphatic heterocycles. The second kappa shape index (κ2) is 9.26. The van der Waals surface area contributed by atoms with Crippen LogP contribution in [-0.2, 0) is 6.54 Å². The molecule has 3 heterocycles. The van der Waals surface area contributed by atoms with Crippen molar-refractivity contribution in [1.29, 1.82) is 0 Å². The number of hydrogen-bond donors (Lipinski definition) is 0. The summed E-state index contributed by atoms with van der Waals surface area (Å²) in [6.07, 6.45) is 1.89. The van der Waals surface area contributed by atoms with E-state index < -0.39 is 5.51 Å². The fraction of sp³-hybridized carbons (Fsp3) is 0.500. The number of likely N-dealkylation sites (N-methyl/N-ethyl adjacent to an activating group) is 1. The van der Waals surface area contributed by atoms with Gasteiger partial charge >= 0.3 is 5.51 Å². The largest absolute Gasteiger partial charge is 0.446 e. The molecule has 1 unspecified atom stereocenters. The number of alkyl halides is 3. The van der Waals surface area contributed by atoms with E-state index in [1.165, 1.54) is 5.56 Å². The second-order valence-electron chi connectivity index (χ2n) is 8.31. The van der Waals surface area contributed by atoms with Gasteiger partial charge in [0.1, 0.15) is 5.82 Å². The Bertz CT molecular complexity index is 868. The topological polar surface area (TPSA) is 25.9 Å². The smallest absolute Gasteiger partial charge is 0.357 e.